The monoisotopic (exact) mass is 131 g/mol. The van der Waals surface area contributed by atoms with Gasteiger partial charge in [0.25, 0.3) is 0 Å². The first-order valence-corrected chi connectivity index (χ1v) is 3.73. The highest BCUT2D eigenvalue weighted by atomic mass is 32.2. The van der Waals surface area contributed by atoms with E-state index in [-0.39, 0.29) is 0 Å². The highest BCUT2D eigenvalue weighted by Gasteiger charge is 2.12. The average molecular weight is 131 g/mol. The van der Waals surface area contributed by atoms with Crippen molar-refractivity contribution in [2.24, 2.45) is 0 Å². The van der Waals surface area contributed by atoms with Gasteiger partial charge >= 0.3 is 0 Å². The van der Waals surface area contributed by atoms with Gasteiger partial charge in [-0.2, -0.15) is 0 Å². The summed E-state index contributed by atoms with van der Waals surface area (Å²) in [6.07, 6.45) is 2.79. The van der Waals surface area contributed by atoms with Crippen molar-refractivity contribution >= 4 is 18.2 Å². The molecule has 3 heteroatoms. The number of aldehydes is 1. The van der Waals surface area contributed by atoms with Crippen LogP contribution in [0.25, 0.3) is 0 Å². The van der Waals surface area contributed by atoms with E-state index in [9.17, 15) is 4.79 Å². The van der Waals surface area contributed by atoms with Crippen LogP contribution in [0.1, 0.15) is 12.8 Å². The van der Waals surface area contributed by atoms with Crippen LogP contribution in [0.2, 0.25) is 0 Å². The molecule has 1 heterocycles. The van der Waals surface area contributed by atoms with E-state index < -0.39 is 0 Å². The highest BCUT2D eigenvalue weighted by Crippen LogP contribution is 2.13. The van der Waals surface area contributed by atoms with E-state index in [4.69, 9.17) is 0 Å². The Morgan fingerprint density at radius 1 is 1.88 bits per heavy atom. The van der Waals surface area contributed by atoms with Crippen LogP contribution < -0.4 is 4.72 Å². The molecular weight excluding hydrogens is 122 g/mol. The van der Waals surface area contributed by atoms with Crippen molar-refractivity contribution in [1.82, 2.24) is 4.72 Å². The molecule has 0 saturated carbocycles. The average Bonchev–Trinajstić information content (AvgIpc) is 2.19. The fourth-order valence-corrected chi connectivity index (χ4v) is 1.69. The minimum Gasteiger partial charge on any atom is -0.303 e. The SMILES string of the molecule is O=CCC1CCSN1. The number of carbonyl (C=O) groups is 1. The van der Waals surface area contributed by atoms with Crippen LogP contribution >= 0.6 is 11.9 Å². The first kappa shape index (κ1) is 6.11. The Morgan fingerprint density at radius 3 is 3.25 bits per heavy atom. The van der Waals surface area contributed by atoms with Gasteiger partial charge in [-0.1, -0.05) is 11.9 Å². The Hall–Kier alpha value is -0.0200. The number of rotatable bonds is 2. The lowest BCUT2D eigenvalue weighted by Crippen LogP contribution is -2.16. The summed E-state index contributed by atoms with van der Waals surface area (Å²) in [6.45, 7) is 0. The van der Waals surface area contributed by atoms with Crippen molar-refractivity contribution in [3.05, 3.63) is 0 Å². The molecule has 1 aliphatic heterocycles. The summed E-state index contributed by atoms with van der Waals surface area (Å²) < 4.78 is 3.14. The van der Waals surface area contributed by atoms with Gasteiger partial charge in [-0.05, 0) is 6.42 Å². The first-order chi connectivity index (χ1) is 3.93. The summed E-state index contributed by atoms with van der Waals surface area (Å²) in [5.74, 6) is 1.15. The van der Waals surface area contributed by atoms with Gasteiger partial charge in [0.05, 0.1) is 0 Å². The second kappa shape index (κ2) is 3.10. The third-order valence-corrected chi connectivity index (χ3v) is 2.14. The smallest absolute Gasteiger partial charge is 0.121 e. The quantitative estimate of drug-likeness (QED) is 0.439. The molecule has 0 spiro atoms. The van der Waals surface area contributed by atoms with Gasteiger partial charge in [-0.25, -0.2) is 0 Å². The summed E-state index contributed by atoms with van der Waals surface area (Å²) in [5.41, 5.74) is 0. The predicted molar refractivity (Wildman–Crippen MR) is 34.7 cm³/mol. The zero-order valence-electron chi connectivity index (χ0n) is 4.59. The van der Waals surface area contributed by atoms with Crippen LogP contribution in [-0.2, 0) is 4.79 Å². The maximum Gasteiger partial charge on any atom is 0.121 e. The van der Waals surface area contributed by atoms with E-state index in [1.54, 1.807) is 11.9 Å². The van der Waals surface area contributed by atoms with Gasteiger partial charge in [0.1, 0.15) is 6.29 Å². The standard InChI is InChI=1S/C5H9NOS/c7-3-1-5-2-4-8-6-5/h3,5-6H,1-2,4H2. The van der Waals surface area contributed by atoms with E-state index in [1.165, 1.54) is 0 Å². The van der Waals surface area contributed by atoms with Crippen molar-refractivity contribution in [3.63, 3.8) is 0 Å². The van der Waals surface area contributed by atoms with Crippen LogP contribution in [0, 0.1) is 0 Å². The lowest BCUT2D eigenvalue weighted by atomic mass is 10.2. The van der Waals surface area contributed by atoms with Crippen LogP contribution in [0.3, 0.4) is 0 Å². The summed E-state index contributed by atoms with van der Waals surface area (Å²) in [5, 5.41) is 0. The molecule has 1 atom stereocenters. The summed E-state index contributed by atoms with van der Waals surface area (Å²) in [4.78, 5) is 9.91. The molecular formula is C5H9NOS. The van der Waals surface area contributed by atoms with E-state index in [1.807, 2.05) is 0 Å². The van der Waals surface area contributed by atoms with E-state index in [2.05, 4.69) is 4.72 Å². The molecule has 1 saturated heterocycles. The van der Waals surface area contributed by atoms with Crippen molar-refractivity contribution in [2.45, 2.75) is 18.9 Å². The Morgan fingerprint density at radius 2 is 2.75 bits per heavy atom. The summed E-state index contributed by atoms with van der Waals surface area (Å²) in [6, 6.07) is 0.456. The molecule has 0 radical (unpaired) electrons. The molecule has 0 aromatic carbocycles. The van der Waals surface area contributed by atoms with Gasteiger partial charge in [0.15, 0.2) is 0 Å². The third kappa shape index (κ3) is 1.49. The predicted octanol–water partition coefficient (Wildman–Crippen LogP) is 0.585. The molecule has 0 aromatic heterocycles. The Kier molecular flexibility index (Phi) is 2.36. The number of hydrogen-bond donors (Lipinski definition) is 1. The lowest BCUT2D eigenvalue weighted by Gasteiger charge is -2.00. The number of carbonyl (C=O) groups excluding carboxylic acids is 1. The second-order valence-corrected chi connectivity index (χ2v) is 2.79. The van der Waals surface area contributed by atoms with Crippen molar-refractivity contribution in [2.75, 3.05) is 5.75 Å². The Bertz CT molecular complexity index is 80.5. The first-order valence-electron chi connectivity index (χ1n) is 2.74. The molecule has 1 unspecified atom stereocenters. The van der Waals surface area contributed by atoms with Crippen LogP contribution in [0.5, 0.6) is 0 Å². The van der Waals surface area contributed by atoms with Gasteiger partial charge in [0, 0.05) is 18.2 Å². The molecule has 0 aromatic rings. The molecule has 8 heavy (non-hydrogen) atoms. The molecule has 1 N–H and O–H groups in total. The fourth-order valence-electron chi connectivity index (χ4n) is 0.719. The Balaban J connectivity index is 2.14. The number of hydrogen-bond acceptors (Lipinski definition) is 3. The fraction of sp³-hybridized carbons (Fsp3) is 0.800. The van der Waals surface area contributed by atoms with Gasteiger partial charge < -0.3 is 4.79 Å². The molecule has 1 aliphatic rings. The molecule has 0 amide bonds. The van der Waals surface area contributed by atoms with Gasteiger partial charge in [-0.15, -0.1) is 0 Å². The topological polar surface area (TPSA) is 29.1 Å². The summed E-state index contributed by atoms with van der Waals surface area (Å²) in [7, 11) is 0. The molecule has 1 rings (SSSR count). The molecule has 1 fully saturated rings. The van der Waals surface area contributed by atoms with E-state index in [0.717, 1.165) is 18.5 Å². The molecule has 0 aliphatic carbocycles. The minimum absolute atomic E-state index is 0.456. The molecule has 0 bridgehead atoms. The van der Waals surface area contributed by atoms with Crippen molar-refractivity contribution in [1.29, 1.82) is 0 Å². The molecule has 46 valence electrons. The van der Waals surface area contributed by atoms with Crippen molar-refractivity contribution < 1.29 is 4.79 Å². The zero-order chi connectivity index (χ0) is 5.82. The lowest BCUT2D eigenvalue weighted by molar-refractivity contribution is -0.108. The normalized spacial score (nSPS) is 28.2. The van der Waals surface area contributed by atoms with Crippen LogP contribution in [-0.4, -0.2) is 18.1 Å². The maximum atomic E-state index is 9.91. The van der Waals surface area contributed by atoms with Gasteiger partial charge in [0.2, 0.25) is 0 Å². The van der Waals surface area contributed by atoms with Crippen molar-refractivity contribution in [3.8, 4) is 0 Å². The van der Waals surface area contributed by atoms with Crippen LogP contribution in [0.15, 0.2) is 0 Å². The minimum atomic E-state index is 0.456. The molecule has 2 nitrogen and oxygen atoms in total. The largest absolute Gasteiger partial charge is 0.303 e. The van der Waals surface area contributed by atoms with Crippen LogP contribution in [0.4, 0.5) is 0 Å². The second-order valence-electron chi connectivity index (χ2n) is 1.85. The summed E-state index contributed by atoms with van der Waals surface area (Å²) >= 11 is 1.71. The number of nitrogens with one attached hydrogen (secondary N) is 1. The Labute approximate surface area is 53.2 Å². The van der Waals surface area contributed by atoms with Gasteiger partial charge in [-0.3, -0.25) is 4.72 Å². The maximum absolute atomic E-state index is 9.91. The third-order valence-electron chi connectivity index (χ3n) is 1.20. The highest BCUT2D eigenvalue weighted by molar-refractivity contribution is 7.97. The zero-order valence-corrected chi connectivity index (χ0v) is 5.41. The van der Waals surface area contributed by atoms with E-state index in [0.29, 0.717) is 12.5 Å². The van der Waals surface area contributed by atoms with E-state index >= 15 is 0 Å².